The molecular formula is C45H45N3O9S. The molecule has 0 atom stereocenters. The highest BCUT2D eigenvalue weighted by molar-refractivity contribution is 7.22. The zero-order valence-electron chi connectivity index (χ0n) is 32.0. The minimum absolute atomic E-state index is 0.0858. The third-order valence-corrected chi connectivity index (χ3v) is 10.7. The monoisotopic (exact) mass is 803 g/mol. The van der Waals surface area contributed by atoms with Crippen LogP contribution in [0.25, 0.3) is 10.2 Å². The van der Waals surface area contributed by atoms with Gasteiger partial charge in [0.25, 0.3) is 0 Å². The van der Waals surface area contributed by atoms with Crippen molar-refractivity contribution in [1.82, 2.24) is 4.98 Å². The van der Waals surface area contributed by atoms with Gasteiger partial charge in [0.2, 0.25) is 5.13 Å². The van der Waals surface area contributed by atoms with Gasteiger partial charge in [-0.25, -0.2) is 14.8 Å². The van der Waals surface area contributed by atoms with E-state index in [9.17, 15) is 24.3 Å². The summed E-state index contributed by atoms with van der Waals surface area (Å²) in [7, 11) is 0. The van der Waals surface area contributed by atoms with Crippen LogP contribution < -0.4 is 19.2 Å². The van der Waals surface area contributed by atoms with E-state index in [-0.39, 0.29) is 41.3 Å². The molecule has 1 aliphatic carbocycles. The van der Waals surface area contributed by atoms with Crippen molar-refractivity contribution in [2.24, 2.45) is 16.9 Å². The van der Waals surface area contributed by atoms with Gasteiger partial charge in [-0.15, -0.1) is 0 Å². The second-order valence-corrected chi connectivity index (χ2v) is 14.8. The van der Waals surface area contributed by atoms with Gasteiger partial charge in [-0.1, -0.05) is 60.4 Å². The van der Waals surface area contributed by atoms with Crippen molar-refractivity contribution in [1.29, 1.82) is 0 Å². The van der Waals surface area contributed by atoms with E-state index >= 15 is 0 Å². The molecule has 1 heterocycles. The minimum atomic E-state index is -0.422. The fourth-order valence-corrected chi connectivity index (χ4v) is 7.28. The smallest absolute Gasteiger partial charge is 0.330 e. The van der Waals surface area contributed by atoms with Gasteiger partial charge in [0, 0.05) is 17.2 Å². The molecule has 0 saturated heterocycles. The van der Waals surface area contributed by atoms with Crippen LogP contribution in [-0.4, -0.2) is 59.8 Å². The van der Waals surface area contributed by atoms with E-state index in [0.717, 1.165) is 42.0 Å². The van der Waals surface area contributed by atoms with E-state index in [2.05, 4.69) is 16.7 Å². The van der Waals surface area contributed by atoms with Crippen LogP contribution in [0.15, 0.2) is 115 Å². The average Bonchev–Trinajstić information content (AvgIpc) is 3.69. The number of phenolic OH excluding ortho intramolecular Hbond substituents is 1. The lowest BCUT2D eigenvalue weighted by Crippen LogP contribution is -2.30. The molecule has 1 aromatic heterocycles. The summed E-state index contributed by atoms with van der Waals surface area (Å²) in [6, 6.07) is 27.9. The molecule has 4 aromatic carbocycles. The zero-order valence-corrected chi connectivity index (χ0v) is 32.8. The number of hydrazone groups is 1. The largest absolute Gasteiger partial charge is 0.507 e. The number of hydrogen-bond acceptors (Lipinski definition) is 13. The van der Waals surface area contributed by atoms with Crippen molar-refractivity contribution in [3.8, 4) is 23.0 Å². The summed E-state index contributed by atoms with van der Waals surface area (Å²) >= 11 is 1.39. The van der Waals surface area contributed by atoms with E-state index in [1.165, 1.54) is 40.8 Å². The Kier molecular flexibility index (Phi) is 14.7. The number of aromatic hydroxyl groups is 1. The predicted octanol–water partition coefficient (Wildman–Crippen LogP) is 8.71. The third-order valence-electron chi connectivity index (χ3n) is 9.60. The minimum Gasteiger partial charge on any atom is -0.507 e. The van der Waals surface area contributed by atoms with Crippen LogP contribution in [0.3, 0.4) is 0 Å². The molecule has 1 N–H and O–H groups in total. The number of ether oxygens (including phenoxy) is 4. The summed E-state index contributed by atoms with van der Waals surface area (Å²) in [6.07, 6.45) is 7.97. The van der Waals surface area contributed by atoms with Gasteiger partial charge in [0.1, 0.15) is 29.5 Å². The summed E-state index contributed by atoms with van der Waals surface area (Å²) in [5, 5.41) is 17.2. The lowest BCUT2D eigenvalue weighted by atomic mass is 9.82. The second kappa shape index (κ2) is 20.7. The lowest BCUT2D eigenvalue weighted by Gasteiger charge is -2.25. The molecule has 0 bridgehead atoms. The number of hydrogen-bond donors (Lipinski definition) is 1. The van der Waals surface area contributed by atoms with E-state index in [1.54, 1.807) is 48.5 Å². The Morgan fingerprint density at radius 2 is 1.40 bits per heavy atom. The van der Waals surface area contributed by atoms with Crippen molar-refractivity contribution in [3.63, 3.8) is 0 Å². The number of Topliss-reactive ketones (excluding diaryl/α,β-unsaturated/α-hetero) is 1. The number of benzene rings is 4. The number of rotatable bonds is 19. The highest BCUT2D eigenvalue weighted by atomic mass is 32.1. The highest BCUT2D eigenvalue weighted by Crippen LogP contribution is 2.33. The molecule has 0 spiro atoms. The lowest BCUT2D eigenvalue weighted by molar-refractivity contribution is -0.145. The predicted molar refractivity (Wildman–Crippen MR) is 222 cm³/mol. The number of phenols is 1. The molecular weight excluding hydrogens is 759 g/mol. The molecule has 300 valence electrons. The topological polar surface area (TPSA) is 154 Å². The van der Waals surface area contributed by atoms with Crippen molar-refractivity contribution < 1.29 is 43.2 Å². The van der Waals surface area contributed by atoms with Crippen molar-refractivity contribution >= 4 is 56.6 Å². The Labute approximate surface area is 340 Å². The molecule has 0 aliphatic heterocycles. The maximum Gasteiger partial charge on any atom is 0.330 e. The van der Waals surface area contributed by atoms with Gasteiger partial charge in [-0.3, -0.25) is 14.4 Å². The number of nitrogens with zero attached hydrogens (tertiary/aromatic N) is 3. The Balaban J connectivity index is 0.969. The first kappa shape index (κ1) is 41.3. The first-order valence-corrected chi connectivity index (χ1v) is 20.1. The van der Waals surface area contributed by atoms with Crippen LogP contribution in [0, 0.1) is 11.8 Å². The number of unbranched alkanes of at least 4 members (excludes halogenated alkanes) is 3. The Bertz CT molecular complexity index is 2180. The van der Waals surface area contributed by atoms with Crippen molar-refractivity contribution in [3.05, 3.63) is 121 Å². The molecule has 58 heavy (non-hydrogen) atoms. The van der Waals surface area contributed by atoms with Gasteiger partial charge >= 0.3 is 17.9 Å². The summed E-state index contributed by atoms with van der Waals surface area (Å²) in [6.45, 7) is 4.21. The van der Waals surface area contributed by atoms with Crippen LogP contribution in [-0.2, 0) is 19.1 Å². The summed E-state index contributed by atoms with van der Waals surface area (Å²) in [5.41, 5.74) is 1.59. The summed E-state index contributed by atoms with van der Waals surface area (Å²) in [4.78, 5) is 55.1. The van der Waals surface area contributed by atoms with Gasteiger partial charge < -0.3 is 24.1 Å². The first-order valence-electron chi connectivity index (χ1n) is 19.3. The Morgan fingerprint density at radius 1 is 0.776 bits per heavy atom. The van der Waals surface area contributed by atoms with E-state index in [1.807, 2.05) is 30.3 Å². The van der Waals surface area contributed by atoms with Crippen LogP contribution in [0.2, 0.25) is 0 Å². The molecule has 12 nitrogen and oxygen atoms in total. The van der Waals surface area contributed by atoms with Gasteiger partial charge in [-0.2, -0.15) is 5.10 Å². The molecule has 0 radical (unpaired) electrons. The number of anilines is 1. The van der Waals surface area contributed by atoms with Gasteiger partial charge in [-0.05, 0) is 106 Å². The number of fused-ring (bicyclic) bond motifs is 1. The Morgan fingerprint density at radius 3 is 2.09 bits per heavy atom. The molecule has 1 saturated carbocycles. The number of ketones is 1. The number of thiazole rings is 1. The SMILES string of the molecule is C=CC(=O)OCCCCCCOc1ccc(OC(=O)C2CCC(C(=O)Oc3ccc(O)c(/C=N/N(CC(=O)c4ccccc4)c4nc5ccccc5s4)c3)CC2)cc1. The van der Waals surface area contributed by atoms with Gasteiger partial charge in [0.15, 0.2) is 5.78 Å². The normalized spacial score (nSPS) is 15.1. The fourth-order valence-electron chi connectivity index (χ4n) is 6.36. The quantitative estimate of drug-likeness (QED) is 0.0162. The molecule has 5 aromatic rings. The molecule has 0 unspecified atom stereocenters. The summed E-state index contributed by atoms with van der Waals surface area (Å²) in [5.74, 6) is -0.833. The van der Waals surface area contributed by atoms with Crippen LogP contribution in [0.1, 0.15) is 67.3 Å². The summed E-state index contributed by atoms with van der Waals surface area (Å²) < 4.78 is 23.1. The van der Waals surface area contributed by atoms with Crippen molar-refractivity contribution in [2.75, 3.05) is 24.8 Å². The van der Waals surface area contributed by atoms with E-state index in [4.69, 9.17) is 18.9 Å². The maximum absolute atomic E-state index is 13.2. The first-order chi connectivity index (χ1) is 28.2. The van der Waals surface area contributed by atoms with Crippen LogP contribution in [0.5, 0.6) is 23.0 Å². The highest BCUT2D eigenvalue weighted by Gasteiger charge is 2.32. The van der Waals surface area contributed by atoms with Gasteiger partial charge in [0.05, 0.1) is 41.5 Å². The zero-order chi connectivity index (χ0) is 40.7. The van der Waals surface area contributed by atoms with Crippen LogP contribution >= 0.6 is 11.3 Å². The van der Waals surface area contributed by atoms with Crippen LogP contribution in [0.4, 0.5) is 5.13 Å². The molecule has 1 aliphatic rings. The number of carbonyl (C=O) groups excluding carboxylic acids is 4. The molecule has 6 rings (SSSR count). The number of esters is 3. The number of carbonyl (C=O) groups is 4. The average molecular weight is 804 g/mol. The Hall–Kier alpha value is -6.34. The third kappa shape index (κ3) is 11.8. The molecule has 13 heteroatoms. The van der Waals surface area contributed by atoms with E-state index < -0.39 is 17.9 Å². The fraction of sp³-hybridized carbons (Fsp3) is 0.289. The molecule has 0 amide bonds. The number of para-hydroxylation sites is 1. The standard InChI is InChI=1S/C45H45N3O9S/c1-2-42(51)55-27-11-4-3-10-26-54-35-20-22-36(23-21-35)56-43(52)32-16-18-33(19-17-32)44(53)57-37-24-25-39(49)34(28-37)29-46-48(30-40(50)31-12-6-5-7-13-31)45-47-38-14-8-9-15-41(38)58-45/h2,5-9,12-15,20-25,28-29,32-33,49H,1,3-4,10-11,16-19,26-27,30H2/b46-29+. The number of aromatic nitrogens is 1. The second-order valence-electron chi connectivity index (χ2n) is 13.8. The van der Waals surface area contributed by atoms with Crippen molar-refractivity contribution in [2.45, 2.75) is 51.4 Å². The maximum atomic E-state index is 13.2. The van der Waals surface area contributed by atoms with E-state index in [0.29, 0.717) is 61.1 Å². The molecule has 1 fully saturated rings.